The first kappa shape index (κ1) is 20.6. The molecule has 2 aromatic rings. The lowest BCUT2D eigenvalue weighted by molar-refractivity contribution is -0.119. The highest BCUT2D eigenvalue weighted by Crippen LogP contribution is 2.38. The van der Waals surface area contributed by atoms with Gasteiger partial charge in [0.2, 0.25) is 5.91 Å². The van der Waals surface area contributed by atoms with Gasteiger partial charge in [0, 0.05) is 12.6 Å². The Morgan fingerprint density at radius 2 is 1.77 bits per heavy atom. The maximum absolute atomic E-state index is 13.6. The molecule has 0 bridgehead atoms. The molecule has 2 amide bonds. The quantitative estimate of drug-likeness (QED) is 0.794. The minimum absolute atomic E-state index is 0.00199. The first-order chi connectivity index (χ1) is 14.6. The van der Waals surface area contributed by atoms with Crippen LogP contribution in [0, 0.1) is 0 Å². The van der Waals surface area contributed by atoms with Crippen molar-refractivity contribution in [2.24, 2.45) is 0 Å². The van der Waals surface area contributed by atoms with Gasteiger partial charge >= 0.3 is 0 Å². The zero-order valence-electron chi connectivity index (χ0n) is 17.8. The molecule has 2 aromatic carbocycles. The summed E-state index contributed by atoms with van der Waals surface area (Å²) >= 11 is 0. The fraction of sp³-hybridized carbons (Fsp3) is 0.417. The second-order valence-electron chi connectivity index (χ2n) is 7.97. The molecule has 2 heterocycles. The van der Waals surface area contributed by atoms with Gasteiger partial charge in [0.25, 0.3) is 5.91 Å². The van der Waals surface area contributed by atoms with Crippen LogP contribution in [-0.2, 0) is 4.79 Å². The summed E-state index contributed by atoms with van der Waals surface area (Å²) in [7, 11) is 0. The van der Waals surface area contributed by atoms with Gasteiger partial charge in [-0.05, 0) is 56.7 Å². The van der Waals surface area contributed by atoms with Crippen molar-refractivity contribution in [2.45, 2.75) is 32.7 Å². The number of amides is 2. The number of hydrogen-bond donors (Lipinski definition) is 1. The summed E-state index contributed by atoms with van der Waals surface area (Å²) in [6.45, 7) is 8.69. The van der Waals surface area contributed by atoms with Crippen LogP contribution in [0.4, 0.5) is 17.1 Å². The van der Waals surface area contributed by atoms with Gasteiger partial charge < -0.3 is 10.2 Å². The van der Waals surface area contributed by atoms with E-state index in [9.17, 15) is 9.59 Å². The van der Waals surface area contributed by atoms with Gasteiger partial charge in [-0.15, -0.1) is 0 Å². The number of rotatable bonds is 6. The van der Waals surface area contributed by atoms with E-state index in [0.29, 0.717) is 29.5 Å². The molecule has 0 spiro atoms. The van der Waals surface area contributed by atoms with E-state index in [2.05, 4.69) is 29.0 Å². The highest BCUT2D eigenvalue weighted by molar-refractivity contribution is 6.17. The summed E-state index contributed by atoms with van der Waals surface area (Å²) in [6, 6.07) is 15.2. The maximum atomic E-state index is 13.6. The number of hydrogen-bond acceptors (Lipinski definition) is 4. The lowest BCUT2D eigenvalue weighted by Crippen LogP contribution is -2.45. The van der Waals surface area contributed by atoms with Crippen LogP contribution in [0.25, 0.3) is 0 Å². The molecule has 30 heavy (non-hydrogen) atoms. The summed E-state index contributed by atoms with van der Waals surface area (Å²) in [5.74, 6) is -0.188. The van der Waals surface area contributed by atoms with Gasteiger partial charge in [-0.2, -0.15) is 0 Å². The standard InChI is InChI=1S/C24H30N4O2/c1-3-26(4-2)16-18-10-9-15-27(18)17-23(29)28-21-13-7-5-11-19(21)24(30)25-20-12-6-8-14-22(20)28/h5-8,11-14,18H,3-4,9-10,15-17H2,1-2H3,(H,25,30)/t18-/m0/s1. The third-order valence-corrected chi connectivity index (χ3v) is 6.23. The summed E-state index contributed by atoms with van der Waals surface area (Å²) < 4.78 is 0. The Kier molecular flexibility index (Phi) is 6.16. The predicted octanol–water partition coefficient (Wildman–Crippen LogP) is 3.72. The molecule has 0 radical (unpaired) electrons. The molecule has 0 saturated carbocycles. The van der Waals surface area contributed by atoms with Gasteiger partial charge in [0.05, 0.1) is 29.2 Å². The third kappa shape index (κ3) is 3.98. The Balaban J connectivity index is 1.64. The number of benzene rings is 2. The Labute approximate surface area is 178 Å². The molecule has 0 aliphatic carbocycles. The second kappa shape index (κ2) is 8.98. The highest BCUT2D eigenvalue weighted by atomic mass is 16.2. The van der Waals surface area contributed by atoms with Crippen LogP contribution >= 0.6 is 0 Å². The summed E-state index contributed by atoms with van der Waals surface area (Å²) in [5, 5.41) is 2.95. The Hall–Kier alpha value is -2.70. The smallest absolute Gasteiger partial charge is 0.257 e. The minimum Gasteiger partial charge on any atom is -0.320 e. The highest BCUT2D eigenvalue weighted by Gasteiger charge is 2.33. The van der Waals surface area contributed by atoms with Crippen molar-refractivity contribution in [1.29, 1.82) is 0 Å². The lowest BCUT2D eigenvalue weighted by atomic mass is 10.1. The first-order valence-corrected chi connectivity index (χ1v) is 10.9. The molecule has 6 heteroatoms. The van der Waals surface area contributed by atoms with E-state index in [1.54, 1.807) is 11.0 Å². The van der Waals surface area contributed by atoms with Gasteiger partial charge in [0.1, 0.15) is 0 Å². The molecule has 2 aliphatic rings. The van der Waals surface area contributed by atoms with Crippen molar-refractivity contribution in [3.8, 4) is 0 Å². The van der Waals surface area contributed by atoms with Crippen LogP contribution in [0.3, 0.4) is 0 Å². The normalized spacial score (nSPS) is 18.7. The summed E-state index contributed by atoms with van der Waals surface area (Å²) in [6.07, 6.45) is 2.24. The maximum Gasteiger partial charge on any atom is 0.257 e. The van der Waals surface area contributed by atoms with Gasteiger partial charge in [-0.25, -0.2) is 0 Å². The van der Waals surface area contributed by atoms with E-state index >= 15 is 0 Å². The molecular weight excluding hydrogens is 376 g/mol. The predicted molar refractivity (Wildman–Crippen MR) is 120 cm³/mol. The minimum atomic E-state index is -0.186. The van der Waals surface area contributed by atoms with E-state index < -0.39 is 0 Å². The molecule has 1 N–H and O–H groups in total. The van der Waals surface area contributed by atoms with Crippen molar-refractivity contribution in [3.63, 3.8) is 0 Å². The topological polar surface area (TPSA) is 55.9 Å². The first-order valence-electron chi connectivity index (χ1n) is 10.9. The Morgan fingerprint density at radius 3 is 2.53 bits per heavy atom. The largest absolute Gasteiger partial charge is 0.320 e. The average molecular weight is 407 g/mol. The van der Waals surface area contributed by atoms with Crippen molar-refractivity contribution in [1.82, 2.24) is 9.80 Å². The summed E-state index contributed by atoms with van der Waals surface area (Å²) in [4.78, 5) is 32.8. The number of fused-ring (bicyclic) bond motifs is 2. The number of likely N-dealkylation sites (tertiary alicyclic amines) is 1. The molecule has 4 rings (SSSR count). The Bertz CT molecular complexity index is 925. The number of carbonyl (C=O) groups is 2. The molecule has 158 valence electrons. The molecule has 0 aromatic heterocycles. The Morgan fingerprint density at radius 1 is 1.07 bits per heavy atom. The van der Waals surface area contributed by atoms with Crippen LogP contribution in [0.15, 0.2) is 48.5 Å². The van der Waals surface area contributed by atoms with Gasteiger partial charge in [-0.3, -0.25) is 19.4 Å². The molecule has 1 atom stereocenters. The molecule has 1 saturated heterocycles. The lowest BCUT2D eigenvalue weighted by Gasteiger charge is -2.31. The number of nitrogens with one attached hydrogen (secondary N) is 1. The third-order valence-electron chi connectivity index (χ3n) is 6.23. The van der Waals surface area contributed by atoms with Crippen LogP contribution in [0.2, 0.25) is 0 Å². The van der Waals surface area contributed by atoms with Gasteiger partial charge in [0.15, 0.2) is 0 Å². The molecule has 6 nitrogen and oxygen atoms in total. The van der Waals surface area contributed by atoms with Crippen LogP contribution < -0.4 is 10.2 Å². The average Bonchev–Trinajstić information content (AvgIpc) is 3.14. The molecule has 1 fully saturated rings. The van der Waals surface area contributed by atoms with Crippen LogP contribution in [0.5, 0.6) is 0 Å². The van der Waals surface area contributed by atoms with E-state index in [1.807, 2.05) is 42.5 Å². The number of para-hydroxylation sites is 3. The fourth-order valence-corrected chi connectivity index (χ4v) is 4.56. The van der Waals surface area contributed by atoms with Crippen molar-refractivity contribution >= 4 is 28.9 Å². The zero-order valence-corrected chi connectivity index (χ0v) is 17.8. The number of carbonyl (C=O) groups excluding carboxylic acids is 2. The van der Waals surface area contributed by atoms with Crippen molar-refractivity contribution in [3.05, 3.63) is 54.1 Å². The van der Waals surface area contributed by atoms with E-state index in [1.165, 1.54) is 0 Å². The molecule has 2 aliphatic heterocycles. The van der Waals surface area contributed by atoms with Crippen LogP contribution in [0.1, 0.15) is 37.0 Å². The second-order valence-corrected chi connectivity index (χ2v) is 7.97. The fourth-order valence-electron chi connectivity index (χ4n) is 4.56. The summed E-state index contributed by atoms with van der Waals surface area (Å²) in [5.41, 5.74) is 2.54. The van der Waals surface area contributed by atoms with Crippen molar-refractivity contribution in [2.75, 3.05) is 42.9 Å². The van der Waals surface area contributed by atoms with Crippen molar-refractivity contribution < 1.29 is 9.59 Å². The van der Waals surface area contributed by atoms with E-state index in [0.717, 1.165) is 44.7 Å². The van der Waals surface area contributed by atoms with Gasteiger partial charge in [-0.1, -0.05) is 38.1 Å². The zero-order chi connectivity index (χ0) is 21.1. The monoisotopic (exact) mass is 406 g/mol. The SMILES string of the molecule is CCN(CC)C[C@@H]1CCCN1CC(=O)N1c2ccccc2NC(=O)c2ccccc21. The van der Waals surface area contributed by atoms with E-state index in [4.69, 9.17) is 0 Å². The van der Waals surface area contributed by atoms with Crippen LogP contribution in [-0.4, -0.2) is 60.4 Å². The molecule has 0 unspecified atom stereocenters. The molecular formula is C24H30N4O2. The number of anilines is 3. The van der Waals surface area contributed by atoms with E-state index in [-0.39, 0.29) is 11.8 Å². The number of nitrogens with zero attached hydrogens (tertiary/aromatic N) is 3. The number of likely N-dealkylation sites (N-methyl/N-ethyl adjacent to an activating group) is 1.